The first-order valence-electron chi connectivity index (χ1n) is 20.1. The third-order valence-electron chi connectivity index (χ3n) is 17.4. The summed E-state index contributed by atoms with van der Waals surface area (Å²) in [5.41, 5.74) is 1.55. The van der Waals surface area contributed by atoms with E-state index >= 15 is 0 Å². The summed E-state index contributed by atoms with van der Waals surface area (Å²) in [6.45, 7) is 29.3. The van der Waals surface area contributed by atoms with Gasteiger partial charge in [-0.25, -0.2) is 0 Å². The SMILES string of the molecule is C=C(C)[C@@H]1CC[C@]2(CCN3CCC(C)CC3)CC[C@]3(C)[C@H](CC[C@@H]4[C@@]5(C)CC[C@H](OC(=O)CC(C)(C)C(=O)O)C(C)(C)[C@@H]5CC[C@]43C)[C@@H]12. The Balaban J connectivity index is 1.23. The van der Waals surface area contributed by atoms with Crippen LogP contribution in [0.3, 0.4) is 0 Å². The minimum absolute atomic E-state index is 0.0810. The Morgan fingerprint density at radius 2 is 1.54 bits per heavy atom. The highest BCUT2D eigenvalue weighted by atomic mass is 16.5. The topological polar surface area (TPSA) is 66.8 Å². The molecule has 5 saturated carbocycles. The molecule has 6 rings (SSSR count). The van der Waals surface area contributed by atoms with Gasteiger partial charge in [-0.05, 0) is 181 Å². The monoisotopic (exact) mass is 666 g/mol. The van der Waals surface area contributed by atoms with Crippen LogP contribution in [-0.2, 0) is 14.3 Å². The molecule has 0 bridgehead atoms. The number of aliphatic carboxylic acids is 1. The molecule has 0 aromatic heterocycles. The molecule has 0 amide bonds. The zero-order chi connectivity index (χ0) is 35.1. The van der Waals surface area contributed by atoms with E-state index in [-0.39, 0.29) is 29.3 Å². The lowest BCUT2D eigenvalue weighted by atomic mass is 9.32. The fraction of sp³-hybridized carbons (Fsp3) is 0.907. The summed E-state index contributed by atoms with van der Waals surface area (Å²) in [4.78, 5) is 27.6. The summed E-state index contributed by atoms with van der Waals surface area (Å²) in [5, 5.41) is 9.61. The molecule has 0 unspecified atom stereocenters. The van der Waals surface area contributed by atoms with Gasteiger partial charge in [0.15, 0.2) is 0 Å². The number of nitrogens with zero attached hydrogens (tertiary/aromatic N) is 1. The smallest absolute Gasteiger partial charge is 0.309 e. The Morgan fingerprint density at radius 1 is 0.854 bits per heavy atom. The second-order valence-corrected chi connectivity index (χ2v) is 20.5. The highest BCUT2D eigenvalue weighted by Crippen LogP contribution is 2.78. The predicted octanol–water partition coefficient (Wildman–Crippen LogP) is 10.2. The normalized spacial score (nSPS) is 44.5. The number of carbonyl (C=O) groups excluding carboxylic acids is 1. The molecule has 5 heteroatoms. The van der Waals surface area contributed by atoms with Crippen molar-refractivity contribution in [2.75, 3.05) is 19.6 Å². The summed E-state index contributed by atoms with van der Waals surface area (Å²) in [6.07, 6.45) is 16.6. The number of rotatable bonds is 8. The van der Waals surface area contributed by atoms with Crippen LogP contribution in [0.15, 0.2) is 12.2 Å². The Morgan fingerprint density at radius 3 is 2.19 bits per heavy atom. The first-order chi connectivity index (χ1) is 22.3. The van der Waals surface area contributed by atoms with E-state index in [2.05, 4.69) is 59.9 Å². The van der Waals surface area contributed by atoms with Crippen LogP contribution >= 0.6 is 0 Å². The second kappa shape index (κ2) is 12.4. The maximum absolute atomic E-state index is 13.1. The lowest BCUT2D eigenvalue weighted by Gasteiger charge is -2.73. The van der Waals surface area contributed by atoms with Gasteiger partial charge >= 0.3 is 11.9 Å². The molecule has 272 valence electrons. The molecule has 0 spiro atoms. The predicted molar refractivity (Wildman–Crippen MR) is 194 cm³/mol. The quantitative estimate of drug-likeness (QED) is 0.206. The van der Waals surface area contributed by atoms with Gasteiger partial charge in [0.2, 0.25) is 0 Å². The van der Waals surface area contributed by atoms with Gasteiger partial charge in [0, 0.05) is 5.41 Å². The molecule has 1 heterocycles. The fourth-order valence-corrected chi connectivity index (χ4v) is 14.2. The number of hydrogen-bond acceptors (Lipinski definition) is 4. The molecule has 6 aliphatic rings. The van der Waals surface area contributed by atoms with Crippen molar-refractivity contribution in [3.63, 3.8) is 0 Å². The third-order valence-corrected chi connectivity index (χ3v) is 17.4. The molecule has 0 aromatic carbocycles. The van der Waals surface area contributed by atoms with Crippen molar-refractivity contribution in [2.24, 2.45) is 68.0 Å². The first-order valence-corrected chi connectivity index (χ1v) is 20.1. The Bertz CT molecular complexity index is 1260. The van der Waals surface area contributed by atoms with Crippen LogP contribution in [0.5, 0.6) is 0 Å². The highest BCUT2D eigenvalue weighted by Gasteiger charge is 2.71. The maximum atomic E-state index is 13.1. The molecule has 0 aromatic rings. The van der Waals surface area contributed by atoms with E-state index in [9.17, 15) is 14.7 Å². The van der Waals surface area contributed by atoms with Gasteiger partial charge in [-0.2, -0.15) is 0 Å². The minimum atomic E-state index is -1.11. The van der Waals surface area contributed by atoms with Gasteiger partial charge in [-0.1, -0.05) is 53.7 Å². The van der Waals surface area contributed by atoms with Crippen LogP contribution in [0.25, 0.3) is 0 Å². The third kappa shape index (κ3) is 5.65. The zero-order valence-electron chi connectivity index (χ0n) is 32.4. The lowest BCUT2D eigenvalue weighted by molar-refractivity contribution is -0.250. The summed E-state index contributed by atoms with van der Waals surface area (Å²) >= 11 is 0. The fourth-order valence-electron chi connectivity index (χ4n) is 14.2. The number of hydrogen-bond donors (Lipinski definition) is 1. The Kier molecular flexibility index (Phi) is 9.41. The van der Waals surface area contributed by atoms with Gasteiger partial charge in [0.05, 0.1) is 11.8 Å². The minimum Gasteiger partial charge on any atom is -0.481 e. The van der Waals surface area contributed by atoms with E-state index in [4.69, 9.17) is 4.74 Å². The van der Waals surface area contributed by atoms with Crippen LogP contribution in [-0.4, -0.2) is 47.7 Å². The molecule has 48 heavy (non-hydrogen) atoms. The van der Waals surface area contributed by atoms with E-state index in [0.29, 0.717) is 34.0 Å². The number of allylic oxidation sites excluding steroid dienone is 1. The van der Waals surface area contributed by atoms with E-state index < -0.39 is 11.4 Å². The zero-order valence-corrected chi connectivity index (χ0v) is 32.4. The van der Waals surface area contributed by atoms with Crippen molar-refractivity contribution >= 4 is 11.9 Å². The van der Waals surface area contributed by atoms with Crippen molar-refractivity contribution in [1.82, 2.24) is 4.90 Å². The van der Waals surface area contributed by atoms with E-state index in [1.54, 1.807) is 13.8 Å². The Hall–Kier alpha value is -1.36. The number of carboxylic acids is 1. The van der Waals surface area contributed by atoms with Gasteiger partial charge < -0.3 is 14.7 Å². The van der Waals surface area contributed by atoms with Crippen LogP contribution in [0.1, 0.15) is 152 Å². The first kappa shape index (κ1) is 36.4. The van der Waals surface area contributed by atoms with Crippen molar-refractivity contribution in [2.45, 2.75) is 158 Å². The molecule has 0 radical (unpaired) electrons. The van der Waals surface area contributed by atoms with Crippen LogP contribution in [0.2, 0.25) is 0 Å². The van der Waals surface area contributed by atoms with Gasteiger partial charge in [0.25, 0.3) is 0 Å². The molecule has 10 atom stereocenters. The molecule has 5 nitrogen and oxygen atoms in total. The molecule has 1 N–H and O–H groups in total. The standard InChI is InChI=1S/C43H71NO4/c1-28(2)30-13-20-43(23-26-44-24-16-29(3)17-25-44)22-21-41(9)31(36(30)43)11-12-33-40(8)18-15-34(48-35(45)27-38(4,5)37(46)47)39(6,7)32(40)14-19-42(33,41)10/h29-34,36H,1,11-27H2,2-10H3,(H,46,47)/t30-,31+,32-,33+,34-,36+,40-,41+,42+,43+/m0/s1. The summed E-state index contributed by atoms with van der Waals surface area (Å²) in [5.74, 6) is 2.99. The lowest BCUT2D eigenvalue weighted by Crippen LogP contribution is -2.66. The highest BCUT2D eigenvalue weighted by molar-refractivity contribution is 5.81. The molecular weight excluding hydrogens is 594 g/mol. The van der Waals surface area contributed by atoms with Crippen LogP contribution in [0, 0.1) is 68.0 Å². The van der Waals surface area contributed by atoms with Crippen molar-refractivity contribution in [3.05, 3.63) is 12.2 Å². The number of fused-ring (bicyclic) bond motifs is 7. The largest absolute Gasteiger partial charge is 0.481 e. The van der Waals surface area contributed by atoms with Crippen LogP contribution in [0.4, 0.5) is 0 Å². The van der Waals surface area contributed by atoms with E-state index in [0.717, 1.165) is 30.6 Å². The molecular formula is C43H71NO4. The van der Waals surface area contributed by atoms with Gasteiger partial charge in [-0.15, -0.1) is 0 Å². The van der Waals surface area contributed by atoms with Crippen molar-refractivity contribution in [1.29, 1.82) is 0 Å². The number of esters is 1. The summed E-state index contributed by atoms with van der Waals surface area (Å²) in [6, 6.07) is 0. The summed E-state index contributed by atoms with van der Waals surface area (Å²) in [7, 11) is 0. The number of piperidine rings is 1. The maximum Gasteiger partial charge on any atom is 0.309 e. The molecule has 6 fully saturated rings. The Labute approximate surface area is 293 Å². The van der Waals surface area contributed by atoms with Gasteiger partial charge in [0.1, 0.15) is 6.10 Å². The molecule has 1 aliphatic heterocycles. The van der Waals surface area contributed by atoms with Crippen LogP contribution < -0.4 is 0 Å². The summed E-state index contributed by atoms with van der Waals surface area (Å²) < 4.78 is 6.20. The van der Waals surface area contributed by atoms with Crippen molar-refractivity contribution in [3.8, 4) is 0 Å². The second-order valence-electron chi connectivity index (χ2n) is 20.5. The van der Waals surface area contributed by atoms with Crippen molar-refractivity contribution < 1.29 is 19.4 Å². The van der Waals surface area contributed by atoms with E-state index in [1.807, 2.05) is 0 Å². The number of carbonyl (C=O) groups is 2. The molecule has 1 saturated heterocycles. The van der Waals surface area contributed by atoms with E-state index in [1.165, 1.54) is 95.8 Å². The van der Waals surface area contributed by atoms with Gasteiger partial charge in [-0.3, -0.25) is 9.59 Å². The molecule has 5 aliphatic carbocycles. The number of carboxylic acid groups (broad SMARTS) is 1. The number of ether oxygens (including phenoxy) is 1. The average molecular weight is 666 g/mol. The average Bonchev–Trinajstić information content (AvgIpc) is 3.39. The number of likely N-dealkylation sites (tertiary alicyclic amines) is 1.